The molecule has 2 fully saturated rings. The predicted octanol–water partition coefficient (Wildman–Crippen LogP) is 3.20. The first-order valence-corrected chi connectivity index (χ1v) is 8.76. The minimum Gasteiger partial charge on any atom is -0.271 e. The van der Waals surface area contributed by atoms with E-state index < -0.39 is 0 Å². The van der Waals surface area contributed by atoms with Gasteiger partial charge in [-0.1, -0.05) is 32.6 Å². The van der Waals surface area contributed by atoms with Gasteiger partial charge >= 0.3 is 0 Å². The number of nitrogens with one attached hydrogen (secondary N) is 1. The van der Waals surface area contributed by atoms with Crippen molar-refractivity contribution in [3.63, 3.8) is 0 Å². The molecular formula is C17H30N4. The number of hydrazine groups is 1. The van der Waals surface area contributed by atoms with Gasteiger partial charge in [0, 0.05) is 18.7 Å². The van der Waals surface area contributed by atoms with E-state index in [-0.39, 0.29) is 0 Å². The Morgan fingerprint density at radius 3 is 2.62 bits per heavy atom. The SMILES string of the molecule is CC1CCC(C(Cc2ccn(C3CCCC3)n2)NN)CC1. The molecule has 3 N–H and O–H groups in total. The third-order valence-corrected chi connectivity index (χ3v) is 5.64. The molecule has 0 radical (unpaired) electrons. The van der Waals surface area contributed by atoms with Crippen molar-refractivity contribution < 1.29 is 0 Å². The molecule has 21 heavy (non-hydrogen) atoms. The highest BCUT2D eigenvalue weighted by molar-refractivity contribution is 5.03. The van der Waals surface area contributed by atoms with Gasteiger partial charge in [-0.15, -0.1) is 0 Å². The molecule has 1 atom stereocenters. The van der Waals surface area contributed by atoms with Crippen molar-refractivity contribution in [3.8, 4) is 0 Å². The monoisotopic (exact) mass is 290 g/mol. The molecule has 4 heteroatoms. The Hall–Kier alpha value is -0.870. The van der Waals surface area contributed by atoms with Crippen LogP contribution in [0.5, 0.6) is 0 Å². The third-order valence-electron chi connectivity index (χ3n) is 5.64. The van der Waals surface area contributed by atoms with Crippen LogP contribution in [0.25, 0.3) is 0 Å². The van der Waals surface area contributed by atoms with Crippen molar-refractivity contribution in [3.05, 3.63) is 18.0 Å². The second-order valence-corrected chi connectivity index (χ2v) is 7.22. The Kier molecular flexibility index (Phi) is 4.96. The van der Waals surface area contributed by atoms with Crippen molar-refractivity contribution in [2.24, 2.45) is 17.7 Å². The summed E-state index contributed by atoms with van der Waals surface area (Å²) in [6.07, 6.45) is 13.7. The van der Waals surface area contributed by atoms with Crippen LogP contribution in [0.3, 0.4) is 0 Å². The fraction of sp³-hybridized carbons (Fsp3) is 0.824. The molecule has 118 valence electrons. The van der Waals surface area contributed by atoms with E-state index in [1.807, 2.05) is 0 Å². The molecular weight excluding hydrogens is 260 g/mol. The van der Waals surface area contributed by atoms with E-state index in [1.54, 1.807) is 0 Å². The first kappa shape index (κ1) is 15.0. The van der Waals surface area contributed by atoms with Gasteiger partial charge in [0.05, 0.1) is 11.7 Å². The van der Waals surface area contributed by atoms with E-state index in [2.05, 4.69) is 29.3 Å². The molecule has 0 bridgehead atoms. The summed E-state index contributed by atoms with van der Waals surface area (Å²) in [6.45, 7) is 2.37. The largest absolute Gasteiger partial charge is 0.271 e. The van der Waals surface area contributed by atoms with Gasteiger partial charge in [-0.25, -0.2) is 0 Å². The van der Waals surface area contributed by atoms with Crippen molar-refractivity contribution in [2.75, 3.05) is 0 Å². The van der Waals surface area contributed by atoms with Gasteiger partial charge in [0.1, 0.15) is 0 Å². The van der Waals surface area contributed by atoms with Gasteiger partial charge in [0.15, 0.2) is 0 Å². The molecule has 0 amide bonds. The minimum atomic E-state index is 0.379. The molecule has 2 saturated carbocycles. The van der Waals surface area contributed by atoms with Gasteiger partial charge in [0.25, 0.3) is 0 Å². The quantitative estimate of drug-likeness (QED) is 0.647. The molecule has 2 aliphatic carbocycles. The summed E-state index contributed by atoms with van der Waals surface area (Å²) < 4.78 is 2.19. The van der Waals surface area contributed by atoms with E-state index in [4.69, 9.17) is 10.9 Å². The van der Waals surface area contributed by atoms with E-state index >= 15 is 0 Å². The van der Waals surface area contributed by atoms with E-state index in [9.17, 15) is 0 Å². The summed E-state index contributed by atoms with van der Waals surface area (Å²) in [6, 6.07) is 3.21. The van der Waals surface area contributed by atoms with Gasteiger partial charge in [0.2, 0.25) is 0 Å². The number of nitrogens with zero attached hydrogens (tertiary/aromatic N) is 2. The van der Waals surface area contributed by atoms with E-state index in [1.165, 1.54) is 57.1 Å². The summed E-state index contributed by atoms with van der Waals surface area (Å²) in [7, 11) is 0. The number of nitrogens with two attached hydrogens (primary N) is 1. The zero-order valence-corrected chi connectivity index (χ0v) is 13.3. The Balaban J connectivity index is 1.58. The normalized spacial score (nSPS) is 28.9. The van der Waals surface area contributed by atoms with Crippen LogP contribution in [0.2, 0.25) is 0 Å². The standard InChI is InChI=1S/C17H30N4/c1-13-6-8-14(9-7-13)17(19-18)12-15-10-11-21(20-15)16-4-2-3-5-16/h10-11,13-14,16-17,19H,2-9,12,18H2,1H3. The fourth-order valence-corrected chi connectivity index (χ4v) is 4.13. The van der Waals surface area contributed by atoms with E-state index in [0.29, 0.717) is 18.0 Å². The second kappa shape index (κ2) is 6.93. The Labute approximate surface area is 128 Å². The van der Waals surface area contributed by atoms with Crippen LogP contribution in [0.1, 0.15) is 70.0 Å². The Bertz CT molecular complexity index is 428. The van der Waals surface area contributed by atoms with Crippen LogP contribution < -0.4 is 11.3 Å². The highest BCUT2D eigenvalue weighted by Gasteiger charge is 2.26. The zero-order chi connectivity index (χ0) is 14.7. The first-order chi connectivity index (χ1) is 10.3. The van der Waals surface area contributed by atoms with Crippen LogP contribution in [-0.4, -0.2) is 15.8 Å². The number of hydrogen-bond donors (Lipinski definition) is 2. The summed E-state index contributed by atoms with van der Waals surface area (Å²) in [4.78, 5) is 0. The average molecular weight is 290 g/mol. The lowest BCUT2D eigenvalue weighted by atomic mass is 9.78. The average Bonchev–Trinajstić information content (AvgIpc) is 3.17. The van der Waals surface area contributed by atoms with Crippen molar-refractivity contribution in [1.82, 2.24) is 15.2 Å². The summed E-state index contributed by atoms with van der Waals surface area (Å²) >= 11 is 0. The van der Waals surface area contributed by atoms with Crippen LogP contribution in [0, 0.1) is 11.8 Å². The maximum absolute atomic E-state index is 5.83. The molecule has 1 heterocycles. The van der Waals surface area contributed by atoms with Gasteiger partial charge in [-0.05, 0) is 43.6 Å². The second-order valence-electron chi connectivity index (χ2n) is 7.22. The lowest BCUT2D eigenvalue weighted by Gasteiger charge is -2.32. The van der Waals surface area contributed by atoms with Crippen LogP contribution in [0.4, 0.5) is 0 Å². The highest BCUT2D eigenvalue weighted by atomic mass is 15.3. The third kappa shape index (κ3) is 3.67. The Morgan fingerprint density at radius 1 is 1.24 bits per heavy atom. The maximum atomic E-state index is 5.83. The molecule has 2 aliphatic rings. The van der Waals surface area contributed by atoms with Gasteiger partial charge < -0.3 is 0 Å². The summed E-state index contributed by atoms with van der Waals surface area (Å²) in [5.41, 5.74) is 4.26. The lowest BCUT2D eigenvalue weighted by Crippen LogP contribution is -2.43. The van der Waals surface area contributed by atoms with Gasteiger partial charge in [-0.2, -0.15) is 5.10 Å². The smallest absolute Gasteiger partial charge is 0.0640 e. The fourth-order valence-electron chi connectivity index (χ4n) is 4.13. The van der Waals surface area contributed by atoms with Crippen molar-refractivity contribution in [1.29, 1.82) is 0 Å². The van der Waals surface area contributed by atoms with Crippen LogP contribution >= 0.6 is 0 Å². The van der Waals surface area contributed by atoms with Crippen LogP contribution in [0.15, 0.2) is 12.3 Å². The van der Waals surface area contributed by atoms with E-state index in [0.717, 1.165) is 12.3 Å². The molecule has 1 unspecified atom stereocenters. The van der Waals surface area contributed by atoms with Gasteiger partial charge in [-0.3, -0.25) is 16.0 Å². The number of hydrogen-bond acceptors (Lipinski definition) is 3. The number of rotatable bonds is 5. The topological polar surface area (TPSA) is 55.9 Å². The summed E-state index contributed by atoms with van der Waals surface area (Å²) in [5, 5.41) is 4.81. The molecule has 3 rings (SSSR count). The van der Waals surface area contributed by atoms with Crippen molar-refractivity contribution >= 4 is 0 Å². The zero-order valence-electron chi connectivity index (χ0n) is 13.3. The minimum absolute atomic E-state index is 0.379. The molecule has 0 aromatic carbocycles. The Morgan fingerprint density at radius 2 is 1.95 bits per heavy atom. The first-order valence-electron chi connectivity index (χ1n) is 8.76. The molecule has 1 aromatic heterocycles. The highest BCUT2D eigenvalue weighted by Crippen LogP contribution is 2.32. The summed E-state index contributed by atoms with van der Waals surface area (Å²) in [5.74, 6) is 7.43. The molecule has 0 saturated heterocycles. The van der Waals surface area contributed by atoms with Crippen molar-refractivity contribution in [2.45, 2.75) is 76.8 Å². The maximum Gasteiger partial charge on any atom is 0.0640 e. The lowest BCUT2D eigenvalue weighted by molar-refractivity contribution is 0.228. The molecule has 0 spiro atoms. The molecule has 1 aromatic rings. The van der Waals surface area contributed by atoms with Crippen LogP contribution in [-0.2, 0) is 6.42 Å². The molecule has 4 nitrogen and oxygen atoms in total. The predicted molar refractivity (Wildman–Crippen MR) is 85.7 cm³/mol. The number of aromatic nitrogens is 2. The molecule has 0 aliphatic heterocycles.